The van der Waals surface area contributed by atoms with Crippen LogP contribution in [-0.2, 0) is 17.5 Å². The molecule has 3 rings (SSSR count). The molecule has 0 unspecified atom stereocenters. The van der Waals surface area contributed by atoms with Crippen LogP contribution in [0.15, 0.2) is 18.2 Å². The number of carbonyl (C=O) groups excluding carboxylic acids is 1. The van der Waals surface area contributed by atoms with E-state index in [1.54, 1.807) is 6.07 Å². The van der Waals surface area contributed by atoms with E-state index >= 15 is 0 Å². The molecule has 3 N–H and O–H groups in total. The molecular weight excluding hydrogens is 297 g/mol. The summed E-state index contributed by atoms with van der Waals surface area (Å²) in [5.74, 6) is -0.868. The van der Waals surface area contributed by atoms with Crippen molar-refractivity contribution >= 4 is 16.8 Å². The quantitative estimate of drug-likeness (QED) is 0.814. The first-order valence-corrected chi connectivity index (χ1v) is 6.89. The number of alkyl halides is 3. The molecular formula is C15H15F3N2O2. The van der Waals surface area contributed by atoms with E-state index in [1.807, 2.05) is 6.92 Å². The number of aromatic nitrogens is 1. The normalized spacial score (nSPS) is 16.7. The number of phenols is 1. The number of phenolic OH excluding ortho intramolecular Hbond substituents is 1. The standard InChI is InChI=1S/C15H15F3N2O2/c1-14(2-3-14)13(22)19-7-9-4-8-5-10(15(16,17)18)12(21)6-11(8)20-9/h4-6,20-21H,2-3,7H2,1H3,(H,19,22). The van der Waals surface area contributed by atoms with Gasteiger partial charge in [-0.1, -0.05) is 6.92 Å². The number of aromatic hydroxyl groups is 1. The molecule has 0 radical (unpaired) electrons. The summed E-state index contributed by atoms with van der Waals surface area (Å²) < 4.78 is 38.2. The third-order valence-electron chi connectivity index (χ3n) is 4.09. The highest BCUT2D eigenvalue weighted by atomic mass is 19.4. The Kier molecular flexibility index (Phi) is 3.12. The van der Waals surface area contributed by atoms with Gasteiger partial charge in [0.25, 0.3) is 0 Å². The summed E-state index contributed by atoms with van der Waals surface area (Å²) >= 11 is 0. The van der Waals surface area contributed by atoms with Gasteiger partial charge in [-0.15, -0.1) is 0 Å². The summed E-state index contributed by atoms with van der Waals surface area (Å²) in [6.07, 6.45) is -2.90. The van der Waals surface area contributed by atoms with Gasteiger partial charge in [0.05, 0.1) is 12.1 Å². The van der Waals surface area contributed by atoms with E-state index in [1.165, 1.54) is 0 Å². The average molecular weight is 312 g/mol. The van der Waals surface area contributed by atoms with E-state index in [-0.39, 0.29) is 17.9 Å². The second-order valence-electron chi connectivity index (χ2n) is 5.99. The van der Waals surface area contributed by atoms with Crippen LogP contribution >= 0.6 is 0 Å². The number of benzene rings is 1. The van der Waals surface area contributed by atoms with Crippen molar-refractivity contribution in [2.75, 3.05) is 0 Å². The predicted octanol–water partition coefficient (Wildman–Crippen LogP) is 3.31. The minimum atomic E-state index is -4.61. The van der Waals surface area contributed by atoms with Crippen molar-refractivity contribution in [1.82, 2.24) is 10.3 Å². The van der Waals surface area contributed by atoms with Gasteiger partial charge in [0.15, 0.2) is 0 Å². The molecule has 1 saturated carbocycles. The van der Waals surface area contributed by atoms with Gasteiger partial charge >= 0.3 is 6.18 Å². The molecule has 4 nitrogen and oxygen atoms in total. The zero-order chi connectivity index (χ0) is 16.1. The first kappa shape index (κ1) is 14.7. The van der Waals surface area contributed by atoms with Crippen LogP contribution in [0, 0.1) is 5.41 Å². The van der Waals surface area contributed by atoms with Crippen molar-refractivity contribution in [2.24, 2.45) is 5.41 Å². The molecule has 22 heavy (non-hydrogen) atoms. The van der Waals surface area contributed by atoms with Crippen LogP contribution in [-0.4, -0.2) is 16.0 Å². The minimum absolute atomic E-state index is 0.0509. The maximum atomic E-state index is 12.7. The molecule has 7 heteroatoms. The van der Waals surface area contributed by atoms with Gasteiger partial charge in [-0.3, -0.25) is 4.79 Å². The van der Waals surface area contributed by atoms with Crippen molar-refractivity contribution in [1.29, 1.82) is 0 Å². The first-order chi connectivity index (χ1) is 10.2. The van der Waals surface area contributed by atoms with Crippen LogP contribution in [0.1, 0.15) is 31.0 Å². The lowest BCUT2D eigenvalue weighted by Gasteiger charge is -2.08. The Balaban J connectivity index is 1.82. The van der Waals surface area contributed by atoms with E-state index in [0.717, 1.165) is 25.0 Å². The zero-order valence-electron chi connectivity index (χ0n) is 11.8. The SMILES string of the molecule is CC1(C(=O)NCc2cc3cc(C(F)(F)F)c(O)cc3[nH]2)CC1. The first-order valence-electron chi connectivity index (χ1n) is 6.89. The molecule has 0 spiro atoms. The third-order valence-corrected chi connectivity index (χ3v) is 4.09. The number of nitrogens with one attached hydrogen (secondary N) is 2. The van der Waals surface area contributed by atoms with Crippen LogP contribution < -0.4 is 5.32 Å². The topological polar surface area (TPSA) is 65.1 Å². The largest absolute Gasteiger partial charge is 0.507 e. The van der Waals surface area contributed by atoms with E-state index < -0.39 is 17.5 Å². The second-order valence-corrected chi connectivity index (χ2v) is 5.99. The number of aromatic amines is 1. The molecule has 0 aliphatic heterocycles. The number of halogens is 3. The lowest BCUT2D eigenvalue weighted by atomic mass is 10.1. The summed E-state index contributed by atoms with van der Waals surface area (Å²) in [7, 11) is 0. The number of carbonyl (C=O) groups is 1. The van der Waals surface area contributed by atoms with E-state index in [9.17, 15) is 23.1 Å². The molecule has 1 aliphatic carbocycles. The summed E-state index contributed by atoms with van der Waals surface area (Å²) in [4.78, 5) is 14.7. The fourth-order valence-corrected chi connectivity index (χ4v) is 2.36. The van der Waals surface area contributed by atoms with Gasteiger partial charge in [-0.05, 0) is 25.0 Å². The number of hydrogen-bond donors (Lipinski definition) is 3. The Morgan fingerprint density at radius 3 is 2.64 bits per heavy atom. The van der Waals surface area contributed by atoms with Crippen LogP contribution in [0.25, 0.3) is 10.9 Å². The summed E-state index contributed by atoms with van der Waals surface area (Å²) in [5.41, 5.74) is -0.382. The third kappa shape index (κ3) is 2.63. The molecule has 1 fully saturated rings. The maximum absolute atomic E-state index is 12.7. The van der Waals surface area contributed by atoms with Gasteiger partial charge in [0.2, 0.25) is 5.91 Å². The summed E-state index contributed by atoms with van der Waals surface area (Å²) in [5, 5.41) is 12.6. The van der Waals surface area contributed by atoms with Gasteiger partial charge in [-0.25, -0.2) is 0 Å². The Morgan fingerprint density at radius 1 is 1.36 bits per heavy atom. The van der Waals surface area contributed by atoms with Crippen LogP contribution in [0.4, 0.5) is 13.2 Å². The van der Waals surface area contributed by atoms with Gasteiger partial charge < -0.3 is 15.4 Å². The number of rotatable bonds is 3. The fraction of sp³-hybridized carbons (Fsp3) is 0.400. The van der Waals surface area contributed by atoms with Crippen LogP contribution in [0.2, 0.25) is 0 Å². The van der Waals surface area contributed by atoms with Crippen molar-refractivity contribution < 1.29 is 23.1 Å². The molecule has 118 valence electrons. The van der Waals surface area contributed by atoms with Gasteiger partial charge in [0, 0.05) is 28.1 Å². The van der Waals surface area contributed by atoms with Crippen LogP contribution in [0.3, 0.4) is 0 Å². The molecule has 0 bridgehead atoms. The Bertz CT molecular complexity index is 745. The molecule has 2 aromatic rings. The fourth-order valence-electron chi connectivity index (χ4n) is 2.36. The van der Waals surface area contributed by atoms with E-state index in [2.05, 4.69) is 10.3 Å². The summed E-state index contributed by atoms with van der Waals surface area (Å²) in [6, 6.07) is 3.49. The van der Waals surface area contributed by atoms with E-state index in [4.69, 9.17) is 0 Å². The smallest absolute Gasteiger partial charge is 0.419 e. The number of amides is 1. The van der Waals surface area contributed by atoms with Gasteiger partial charge in [0.1, 0.15) is 5.75 Å². The van der Waals surface area contributed by atoms with Crippen molar-refractivity contribution in [3.8, 4) is 5.75 Å². The van der Waals surface area contributed by atoms with Crippen molar-refractivity contribution in [2.45, 2.75) is 32.5 Å². The zero-order valence-corrected chi connectivity index (χ0v) is 11.8. The molecule has 1 aromatic heterocycles. The molecule has 1 amide bonds. The monoisotopic (exact) mass is 312 g/mol. The van der Waals surface area contributed by atoms with Crippen molar-refractivity contribution in [3.63, 3.8) is 0 Å². The molecule has 0 atom stereocenters. The minimum Gasteiger partial charge on any atom is -0.507 e. The number of H-pyrrole nitrogens is 1. The highest BCUT2D eigenvalue weighted by molar-refractivity contribution is 5.85. The van der Waals surface area contributed by atoms with Gasteiger partial charge in [-0.2, -0.15) is 13.2 Å². The Hall–Kier alpha value is -2.18. The second kappa shape index (κ2) is 4.66. The lowest BCUT2D eigenvalue weighted by molar-refractivity contribution is -0.138. The lowest BCUT2D eigenvalue weighted by Crippen LogP contribution is -2.29. The Morgan fingerprint density at radius 2 is 2.05 bits per heavy atom. The molecule has 1 heterocycles. The highest BCUT2D eigenvalue weighted by Gasteiger charge is 2.44. The van der Waals surface area contributed by atoms with Crippen LogP contribution in [0.5, 0.6) is 5.75 Å². The number of fused-ring (bicyclic) bond motifs is 1. The molecule has 1 aromatic carbocycles. The maximum Gasteiger partial charge on any atom is 0.419 e. The molecule has 1 aliphatic rings. The van der Waals surface area contributed by atoms with Crippen molar-refractivity contribution in [3.05, 3.63) is 29.5 Å². The predicted molar refractivity (Wildman–Crippen MR) is 74.2 cm³/mol. The van der Waals surface area contributed by atoms with E-state index in [0.29, 0.717) is 16.6 Å². The Labute approximate surface area is 124 Å². The number of hydrogen-bond acceptors (Lipinski definition) is 2. The summed E-state index contributed by atoms with van der Waals surface area (Å²) in [6.45, 7) is 2.09. The highest BCUT2D eigenvalue weighted by Crippen LogP contribution is 2.45. The molecule has 0 saturated heterocycles. The average Bonchev–Trinajstić information content (AvgIpc) is 3.04.